The molecule has 1 heterocycles. The topological polar surface area (TPSA) is 42.4 Å². The molecule has 1 aromatic heterocycles. The maximum Gasteiger partial charge on any atom is 0.143 e. The fourth-order valence-corrected chi connectivity index (χ4v) is 1.03. The zero-order chi connectivity index (χ0) is 8.97. The van der Waals surface area contributed by atoms with E-state index < -0.39 is 0 Å². The zero-order valence-corrected chi connectivity index (χ0v) is 7.51. The van der Waals surface area contributed by atoms with Gasteiger partial charge >= 0.3 is 0 Å². The van der Waals surface area contributed by atoms with Gasteiger partial charge in [0.25, 0.3) is 0 Å². The number of hydrogen-bond acceptors (Lipinski definition) is 3. The smallest absolute Gasteiger partial charge is 0.143 e. The van der Waals surface area contributed by atoms with E-state index >= 15 is 0 Å². The second-order valence-electron chi connectivity index (χ2n) is 2.17. The lowest BCUT2D eigenvalue weighted by atomic mass is 10.3. The highest BCUT2D eigenvalue weighted by Gasteiger charge is 2.03. The SMILES string of the molecule is CCOc1ccc(Cl)nc1CO. The summed E-state index contributed by atoms with van der Waals surface area (Å²) in [5.74, 6) is 0.587. The van der Waals surface area contributed by atoms with Gasteiger partial charge < -0.3 is 9.84 Å². The Morgan fingerprint density at radius 3 is 2.92 bits per heavy atom. The Hall–Kier alpha value is -0.800. The number of aromatic nitrogens is 1. The first-order valence-electron chi connectivity index (χ1n) is 3.67. The summed E-state index contributed by atoms with van der Waals surface area (Å²) in [7, 11) is 0. The largest absolute Gasteiger partial charge is 0.492 e. The van der Waals surface area contributed by atoms with Crippen LogP contribution in [0, 0.1) is 0 Å². The summed E-state index contributed by atoms with van der Waals surface area (Å²) in [5, 5.41) is 9.23. The molecule has 0 bridgehead atoms. The van der Waals surface area contributed by atoms with Crippen molar-refractivity contribution in [3.05, 3.63) is 23.0 Å². The van der Waals surface area contributed by atoms with Crippen molar-refractivity contribution in [2.45, 2.75) is 13.5 Å². The number of rotatable bonds is 3. The molecule has 0 atom stereocenters. The van der Waals surface area contributed by atoms with Crippen LogP contribution in [0.5, 0.6) is 5.75 Å². The Morgan fingerprint density at radius 2 is 2.33 bits per heavy atom. The van der Waals surface area contributed by atoms with Crippen LogP contribution in [0.15, 0.2) is 12.1 Å². The summed E-state index contributed by atoms with van der Waals surface area (Å²) in [5.41, 5.74) is 0.476. The molecule has 66 valence electrons. The molecule has 0 aliphatic rings. The van der Waals surface area contributed by atoms with Crippen LogP contribution in [-0.2, 0) is 6.61 Å². The molecular weight excluding hydrogens is 178 g/mol. The predicted octanol–water partition coefficient (Wildman–Crippen LogP) is 1.63. The third-order valence-corrected chi connectivity index (χ3v) is 1.56. The summed E-state index contributed by atoms with van der Waals surface area (Å²) in [4.78, 5) is 3.90. The van der Waals surface area contributed by atoms with Crippen molar-refractivity contribution in [3.63, 3.8) is 0 Å². The van der Waals surface area contributed by atoms with Crippen LogP contribution in [0.25, 0.3) is 0 Å². The number of nitrogens with zero attached hydrogens (tertiary/aromatic N) is 1. The number of aliphatic hydroxyl groups excluding tert-OH is 1. The lowest BCUT2D eigenvalue weighted by Gasteiger charge is -2.06. The van der Waals surface area contributed by atoms with E-state index in [0.29, 0.717) is 23.2 Å². The highest BCUT2D eigenvalue weighted by molar-refractivity contribution is 6.29. The van der Waals surface area contributed by atoms with Gasteiger partial charge in [-0.05, 0) is 19.1 Å². The zero-order valence-electron chi connectivity index (χ0n) is 6.75. The molecule has 0 saturated heterocycles. The maximum atomic E-state index is 8.87. The molecule has 0 unspecified atom stereocenters. The van der Waals surface area contributed by atoms with E-state index in [-0.39, 0.29) is 6.61 Å². The summed E-state index contributed by atoms with van der Waals surface area (Å²) < 4.78 is 5.20. The second-order valence-corrected chi connectivity index (χ2v) is 2.56. The summed E-state index contributed by atoms with van der Waals surface area (Å²) in [6.45, 7) is 2.27. The number of aliphatic hydroxyl groups is 1. The molecule has 1 N–H and O–H groups in total. The fraction of sp³-hybridized carbons (Fsp3) is 0.375. The average molecular weight is 188 g/mol. The van der Waals surface area contributed by atoms with Gasteiger partial charge in [-0.3, -0.25) is 0 Å². The van der Waals surface area contributed by atoms with Gasteiger partial charge in [0.05, 0.1) is 13.2 Å². The average Bonchev–Trinajstić information content (AvgIpc) is 2.08. The minimum absolute atomic E-state index is 0.157. The minimum atomic E-state index is -0.157. The number of pyridine rings is 1. The third kappa shape index (κ3) is 2.09. The molecule has 1 aromatic rings. The standard InChI is InChI=1S/C8H10ClNO2/c1-2-12-7-3-4-8(9)10-6(7)5-11/h3-4,11H,2,5H2,1H3. The first-order valence-corrected chi connectivity index (χ1v) is 4.04. The molecule has 3 nitrogen and oxygen atoms in total. The van der Waals surface area contributed by atoms with Gasteiger partial charge in [0, 0.05) is 0 Å². The van der Waals surface area contributed by atoms with Gasteiger partial charge in [-0.15, -0.1) is 0 Å². The Morgan fingerprint density at radius 1 is 1.58 bits per heavy atom. The van der Waals surface area contributed by atoms with Crippen molar-refractivity contribution in [3.8, 4) is 5.75 Å². The number of halogens is 1. The van der Waals surface area contributed by atoms with E-state index in [1.54, 1.807) is 12.1 Å². The van der Waals surface area contributed by atoms with Gasteiger partial charge in [-0.2, -0.15) is 0 Å². The van der Waals surface area contributed by atoms with Crippen molar-refractivity contribution in [2.75, 3.05) is 6.61 Å². The molecule has 0 aromatic carbocycles. The highest BCUT2D eigenvalue weighted by atomic mass is 35.5. The maximum absolute atomic E-state index is 8.87. The molecule has 12 heavy (non-hydrogen) atoms. The summed E-state index contributed by atoms with van der Waals surface area (Å²) >= 11 is 5.62. The normalized spacial score (nSPS) is 9.92. The van der Waals surface area contributed by atoms with Crippen molar-refractivity contribution in [2.24, 2.45) is 0 Å². The molecule has 4 heteroatoms. The second kappa shape index (κ2) is 4.28. The van der Waals surface area contributed by atoms with Gasteiger partial charge in [0.15, 0.2) is 0 Å². The Bertz CT molecular complexity index is 265. The van der Waals surface area contributed by atoms with E-state index in [9.17, 15) is 0 Å². The van der Waals surface area contributed by atoms with E-state index in [0.717, 1.165) is 0 Å². The minimum Gasteiger partial charge on any atom is -0.492 e. The Balaban J connectivity index is 2.94. The van der Waals surface area contributed by atoms with Crippen molar-refractivity contribution >= 4 is 11.6 Å². The third-order valence-electron chi connectivity index (χ3n) is 1.35. The Labute approximate surface area is 76.0 Å². The van der Waals surface area contributed by atoms with Crippen LogP contribution in [0.2, 0.25) is 5.15 Å². The van der Waals surface area contributed by atoms with Crippen LogP contribution < -0.4 is 4.74 Å². The molecule has 0 fully saturated rings. The molecule has 0 radical (unpaired) electrons. The van der Waals surface area contributed by atoms with Crippen LogP contribution >= 0.6 is 11.6 Å². The molecule has 0 saturated carbocycles. The molecule has 1 rings (SSSR count). The molecule has 0 spiro atoms. The van der Waals surface area contributed by atoms with E-state index in [2.05, 4.69) is 4.98 Å². The van der Waals surface area contributed by atoms with Crippen molar-refractivity contribution in [1.82, 2.24) is 4.98 Å². The fourth-order valence-electron chi connectivity index (χ4n) is 0.862. The lowest BCUT2D eigenvalue weighted by molar-refractivity contribution is 0.261. The lowest BCUT2D eigenvalue weighted by Crippen LogP contribution is -1.98. The molecule has 0 amide bonds. The summed E-state index contributed by atoms with van der Waals surface area (Å²) in [6, 6.07) is 3.33. The van der Waals surface area contributed by atoms with E-state index in [1.165, 1.54) is 0 Å². The number of hydrogen-bond donors (Lipinski definition) is 1. The number of ether oxygens (including phenoxy) is 1. The Kier molecular flexibility index (Phi) is 3.31. The quantitative estimate of drug-likeness (QED) is 0.732. The molecular formula is C8H10ClNO2. The molecule has 0 aliphatic heterocycles. The van der Waals surface area contributed by atoms with Gasteiger partial charge in [0.2, 0.25) is 0 Å². The van der Waals surface area contributed by atoms with Gasteiger partial charge in [0.1, 0.15) is 16.6 Å². The first-order chi connectivity index (χ1) is 5.77. The highest BCUT2D eigenvalue weighted by Crippen LogP contribution is 2.18. The van der Waals surface area contributed by atoms with Crippen LogP contribution in [0.3, 0.4) is 0 Å². The van der Waals surface area contributed by atoms with E-state index in [4.69, 9.17) is 21.4 Å². The molecule has 0 aliphatic carbocycles. The van der Waals surface area contributed by atoms with Crippen LogP contribution in [0.1, 0.15) is 12.6 Å². The van der Waals surface area contributed by atoms with Gasteiger partial charge in [-0.25, -0.2) is 4.98 Å². The predicted molar refractivity (Wildman–Crippen MR) is 46.3 cm³/mol. The van der Waals surface area contributed by atoms with Crippen LogP contribution in [0.4, 0.5) is 0 Å². The van der Waals surface area contributed by atoms with Crippen molar-refractivity contribution < 1.29 is 9.84 Å². The van der Waals surface area contributed by atoms with Crippen molar-refractivity contribution in [1.29, 1.82) is 0 Å². The first kappa shape index (κ1) is 9.29. The monoisotopic (exact) mass is 187 g/mol. The van der Waals surface area contributed by atoms with Crippen LogP contribution in [-0.4, -0.2) is 16.7 Å². The summed E-state index contributed by atoms with van der Waals surface area (Å²) in [6.07, 6.45) is 0. The van der Waals surface area contributed by atoms with Gasteiger partial charge in [-0.1, -0.05) is 11.6 Å². The van der Waals surface area contributed by atoms with E-state index in [1.807, 2.05) is 6.92 Å².